The maximum absolute atomic E-state index is 12.9. The third kappa shape index (κ3) is 1.42. The smallest absolute Gasteiger partial charge is 0.180 e. The average molecular weight is 271 g/mol. The molecule has 3 aliphatic rings. The van der Waals surface area contributed by atoms with Crippen LogP contribution in [0.4, 0.5) is 0 Å². The molecule has 4 rings (SSSR count). The van der Waals surface area contributed by atoms with Crippen molar-refractivity contribution in [2.75, 3.05) is 13.6 Å². The summed E-state index contributed by atoms with van der Waals surface area (Å²) in [4.78, 5) is 15.1. The van der Waals surface area contributed by atoms with Crippen LogP contribution in [0.1, 0.15) is 48.0 Å². The van der Waals surface area contributed by atoms with Crippen molar-refractivity contribution in [3.8, 4) is 5.75 Å². The van der Waals surface area contributed by atoms with Gasteiger partial charge in [-0.25, -0.2) is 0 Å². The van der Waals surface area contributed by atoms with Crippen molar-refractivity contribution in [3.05, 3.63) is 29.3 Å². The molecule has 2 fully saturated rings. The van der Waals surface area contributed by atoms with Crippen molar-refractivity contribution < 1.29 is 9.90 Å². The quantitative estimate of drug-likeness (QED) is 0.788. The molecule has 3 heteroatoms. The van der Waals surface area contributed by atoms with Crippen molar-refractivity contribution >= 4 is 5.78 Å². The molecule has 20 heavy (non-hydrogen) atoms. The van der Waals surface area contributed by atoms with Gasteiger partial charge in [0.2, 0.25) is 0 Å². The maximum atomic E-state index is 12.9. The number of ketones is 1. The lowest BCUT2D eigenvalue weighted by Crippen LogP contribution is -2.62. The molecule has 3 nitrogen and oxygen atoms in total. The third-order valence-electron chi connectivity index (χ3n) is 5.94. The number of likely N-dealkylation sites (tertiary alicyclic amines) is 1. The van der Waals surface area contributed by atoms with Crippen LogP contribution in [0.15, 0.2) is 18.2 Å². The third-order valence-corrected chi connectivity index (χ3v) is 5.94. The number of phenols is 1. The summed E-state index contributed by atoms with van der Waals surface area (Å²) >= 11 is 0. The van der Waals surface area contributed by atoms with Gasteiger partial charge < -0.3 is 5.11 Å². The molecule has 0 aromatic heterocycles. The molecule has 3 atom stereocenters. The summed E-state index contributed by atoms with van der Waals surface area (Å²) in [6, 6.07) is 5.42. The Hall–Kier alpha value is -1.35. The van der Waals surface area contributed by atoms with Crippen molar-refractivity contribution in [2.24, 2.45) is 5.92 Å². The monoisotopic (exact) mass is 271 g/mol. The van der Waals surface area contributed by atoms with Crippen LogP contribution in [0.5, 0.6) is 5.75 Å². The first-order chi connectivity index (χ1) is 9.63. The van der Waals surface area contributed by atoms with E-state index in [-0.39, 0.29) is 17.2 Å². The van der Waals surface area contributed by atoms with Gasteiger partial charge in [-0.1, -0.05) is 12.8 Å². The SMILES string of the molecule is CN1CC[C@@]23CCCC[C@H]2[C@@H]1C(=O)c1ccc(O)cc13. The van der Waals surface area contributed by atoms with Crippen LogP contribution in [0.2, 0.25) is 0 Å². The molecule has 2 aliphatic carbocycles. The van der Waals surface area contributed by atoms with E-state index in [1.165, 1.54) is 19.3 Å². The first-order valence-electron chi connectivity index (χ1n) is 7.71. The Balaban J connectivity index is 1.97. The van der Waals surface area contributed by atoms with Crippen LogP contribution < -0.4 is 0 Å². The minimum Gasteiger partial charge on any atom is -0.508 e. The van der Waals surface area contributed by atoms with Crippen LogP contribution in [0.3, 0.4) is 0 Å². The summed E-state index contributed by atoms with van der Waals surface area (Å²) in [5.41, 5.74) is 2.13. The van der Waals surface area contributed by atoms with Gasteiger partial charge in [0, 0.05) is 11.0 Å². The molecule has 0 amide bonds. The van der Waals surface area contributed by atoms with Gasteiger partial charge in [-0.3, -0.25) is 9.69 Å². The van der Waals surface area contributed by atoms with Gasteiger partial charge in [-0.2, -0.15) is 0 Å². The van der Waals surface area contributed by atoms with Crippen LogP contribution in [0, 0.1) is 5.92 Å². The lowest BCUT2D eigenvalue weighted by molar-refractivity contribution is 0.00836. The maximum Gasteiger partial charge on any atom is 0.180 e. The predicted octanol–water partition coefficient (Wildman–Crippen LogP) is 2.72. The van der Waals surface area contributed by atoms with E-state index in [1.807, 2.05) is 12.1 Å². The highest BCUT2D eigenvalue weighted by Crippen LogP contribution is 2.55. The molecule has 1 aromatic carbocycles. The van der Waals surface area contributed by atoms with Gasteiger partial charge in [0.05, 0.1) is 6.04 Å². The standard InChI is InChI=1S/C17H21NO2/c1-18-9-8-17-7-3-2-4-13(17)15(18)16(20)12-6-5-11(19)10-14(12)17/h5-6,10,13,15,19H,2-4,7-9H2,1H3/t13-,15+,17-/m0/s1. The number of hydrogen-bond acceptors (Lipinski definition) is 3. The Morgan fingerprint density at radius 1 is 1.30 bits per heavy atom. The fourth-order valence-corrected chi connectivity index (χ4v) is 5.03. The number of fused-ring (bicyclic) bond motifs is 1. The summed E-state index contributed by atoms with van der Waals surface area (Å²) < 4.78 is 0. The summed E-state index contributed by atoms with van der Waals surface area (Å²) in [5.74, 6) is 1.01. The minimum atomic E-state index is 0.0566. The Morgan fingerprint density at radius 3 is 3.00 bits per heavy atom. The van der Waals surface area contributed by atoms with Gasteiger partial charge in [-0.15, -0.1) is 0 Å². The number of Topliss-reactive ketones (excluding diaryl/α,β-unsaturated/α-hetero) is 1. The first-order valence-corrected chi connectivity index (χ1v) is 7.71. The van der Waals surface area contributed by atoms with E-state index in [2.05, 4.69) is 11.9 Å². The number of benzene rings is 1. The molecule has 0 spiro atoms. The number of rotatable bonds is 0. The Bertz CT molecular complexity index is 582. The summed E-state index contributed by atoms with van der Waals surface area (Å²) in [6.45, 7) is 0.988. The highest BCUT2D eigenvalue weighted by atomic mass is 16.3. The number of aromatic hydroxyl groups is 1. The van der Waals surface area contributed by atoms with E-state index >= 15 is 0 Å². The molecule has 0 radical (unpaired) electrons. The zero-order valence-electron chi connectivity index (χ0n) is 11.9. The fourth-order valence-electron chi connectivity index (χ4n) is 5.03. The second kappa shape index (κ2) is 4.08. The lowest BCUT2D eigenvalue weighted by Gasteiger charge is -2.57. The predicted molar refractivity (Wildman–Crippen MR) is 77.1 cm³/mol. The second-order valence-electron chi connectivity index (χ2n) is 6.78. The molecule has 106 valence electrons. The number of carbonyl (C=O) groups excluding carboxylic acids is 1. The number of piperidine rings is 1. The number of phenolic OH excluding ortho intramolecular Hbond substituents is 1. The molecule has 1 aromatic rings. The first kappa shape index (κ1) is 12.4. The topological polar surface area (TPSA) is 40.5 Å². The van der Waals surface area contributed by atoms with Gasteiger partial charge in [0.1, 0.15) is 5.75 Å². The zero-order valence-corrected chi connectivity index (χ0v) is 11.9. The molecule has 1 saturated carbocycles. The number of carbonyl (C=O) groups is 1. The van der Waals surface area contributed by atoms with E-state index in [1.54, 1.807) is 6.07 Å². The number of hydrogen-bond donors (Lipinski definition) is 1. The van der Waals surface area contributed by atoms with E-state index in [4.69, 9.17) is 0 Å². The molecule has 1 aliphatic heterocycles. The van der Waals surface area contributed by atoms with E-state index < -0.39 is 0 Å². The normalized spacial score (nSPS) is 36.4. The van der Waals surface area contributed by atoms with Gasteiger partial charge >= 0.3 is 0 Å². The van der Waals surface area contributed by atoms with Crippen molar-refractivity contribution in [1.29, 1.82) is 0 Å². The van der Waals surface area contributed by atoms with E-state index in [0.717, 1.165) is 30.5 Å². The molecule has 0 unspecified atom stereocenters. The van der Waals surface area contributed by atoms with Crippen molar-refractivity contribution in [3.63, 3.8) is 0 Å². The highest BCUT2D eigenvalue weighted by Gasteiger charge is 2.56. The van der Waals surface area contributed by atoms with E-state index in [0.29, 0.717) is 11.7 Å². The molecule has 1 saturated heterocycles. The van der Waals surface area contributed by atoms with Gasteiger partial charge in [0.25, 0.3) is 0 Å². The Kier molecular flexibility index (Phi) is 2.53. The van der Waals surface area contributed by atoms with Gasteiger partial charge in [0.15, 0.2) is 5.78 Å². The van der Waals surface area contributed by atoms with Crippen molar-refractivity contribution in [1.82, 2.24) is 4.90 Å². The fraction of sp³-hybridized carbons (Fsp3) is 0.588. The summed E-state index contributed by atoms with van der Waals surface area (Å²) in [5, 5.41) is 9.89. The molecule has 2 bridgehead atoms. The van der Waals surface area contributed by atoms with Crippen LogP contribution in [-0.4, -0.2) is 35.4 Å². The Labute approximate surface area is 119 Å². The summed E-state index contributed by atoms with van der Waals surface area (Å²) in [6.07, 6.45) is 5.92. The Morgan fingerprint density at radius 2 is 2.15 bits per heavy atom. The number of nitrogens with zero attached hydrogens (tertiary/aromatic N) is 1. The van der Waals surface area contributed by atoms with Crippen LogP contribution in [-0.2, 0) is 5.41 Å². The molecular formula is C17H21NO2. The van der Waals surface area contributed by atoms with E-state index in [9.17, 15) is 9.90 Å². The number of likely N-dealkylation sites (N-methyl/N-ethyl adjacent to an activating group) is 1. The van der Waals surface area contributed by atoms with Crippen LogP contribution >= 0.6 is 0 Å². The largest absolute Gasteiger partial charge is 0.508 e. The molecule has 1 heterocycles. The molecular weight excluding hydrogens is 250 g/mol. The zero-order chi connectivity index (χ0) is 13.9. The van der Waals surface area contributed by atoms with Gasteiger partial charge in [-0.05, 0) is 62.5 Å². The second-order valence-corrected chi connectivity index (χ2v) is 6.78. The summed E-state index contributed by atoms with van der Waals surface area (Å²) in [7, 11) is 2.09. The van der Waals surface area contributed by atoms with Crippen molar-refractivity contribution in [2.45, 2.75) is 43.6 Å². The lowest BCUT2D eigenvalue weighted by atomic mass is 9.52. The highest BCUT2D eigenvalue weighted by molar-refractivity contribution is 6.03. The molecule has 1 N–H and O–H groups in total. The van der Waals surface area contributed by atoms with Crippen LogP contribution in [0.25, 0.3) is 0 Å². The average Bonchev–Trinajstić information content (AvgIpc) is 2.46. The minimum absolute atomic E-state index is 0.0566.